The average molecular weight is 265 g/mol. The first kappa shape index (κ1) is 13.5. The second kappa shape index (κ2) is 6.86. The summed E-state index contributed by atoms with van der Waals surface area (Å²) in [4.78, 5) is 8.42. The number of hydrazine groups is 1. The number of hydrogen-bond donors (Lipinski definition) is 4. The van der Waals surface area contributed by atoms with Crippen LogP contribution in [0.2, 0.25) is 0 Å². The first-order chi connectivity index (χ1) is 9.35. The molecule has 0 spiro atoms. The Kier molecular flexibility index (Phi) is 4.87. The molecule has 2 heterocycles. The van der Waals surface area contributed by atoms with Gasteiger partial charge in [0.2, 0.25) is 5.95 Å². The molecule has 104 valence electrons. The molecule has 5 N–H and O–H groups in total. The Balaban J connectivity index is 1.93. The number of nitrogens with two attached hydrogens (primary N) is 1. The van der Waals surface area contributed by atoms with Crippen molar-refractivity contribution < 1.29 is 4.74 Å². The van der Waals surface area contributed by atoms with E-state index in [1.807, 2.05) is 0 Å². The number of hydrogen-bond acceptors (Lipinski definition) is 7. The van der Waals surface area contributed by atoms with E-state index >= 15 is 0 Å². The normalized spacial score (nSPS) is 10.8. The molecule has 19 heavy (non-hydrogen) atoms. The molecule has 0 saturated carbocycles. The predicted molar refractivity (Wildman–Crippen MR) is 73.7 cm³/mol. The smallest absolute Gasteiger partial charge is 0.241 e. The van der Waals surface area contributed by atoms with Crippen molar-refractivity contribution in [3.63, 3.8) is 0 Å². The Morgan fingerprint density at radius 3 is 3.05 bits per heavy atom. The minimum absolute atomic E-state index is 0.349. The number of nitrogens with zero attached hydrogens (tertiary/aromatic N) is 3. The van der Waals surface area contributed by atoms with Crippen LogP contribution in [-0.4, -0.2) is 39.9 Å². The number of anilines is 2. The Labute approximate surface area is 111 Å². The highest BCUT2D eigenvalue weighted by Crippen LogP contribution is 2.19. The number of aromatic amines is 1. The van der Waals surface area contributed by atoms with Crippen LogP contribution in [0.1, 0.15) is 19.8 Å². The molecule has 0 aliphatic rings. The largest absolute Gasteiger partial charge is 0.381 e. The summed E-state index contributed by atoms with van der Waals surface area (Å²) < 4.78 is 5.41. The molecular weight excluding hydrogens is 246 g/mol. The molecule has 0 fully saturated rings. The number of nitrogens with one attached hydrogen (secondary N) is 3. The minimum Gasteiger partial charge on any atom is -0.381 e. The third-order valence-corrected chi connectivity index (χ3v) is 2.55. The van der Waals surface area contributed by atoms with Crippen LogP contribution >= 0.6 is 0 Å². The molecule has 0 radical (unpaired) electrons. The van der Waals surface area contributed by atoms with Gasteiger partial charge in [-0.1, -0.05) is 6.92 Å². The second-order valence-electron chi connectivity index (χ2n) is 4.07. The average Bonchev–Trinajstić information content (AvgIpc) is 2.90. The summed E-state index contributed by atoms with van der Waals surface area (Å²) in [5.41, 5.74) is 3.08. The number of rotatable bonds is 8. The van der Waals surface area contributed by atoms with Crippen molar-refractivity contribution >= 4 is 22.8 Å². The lowest BCUT2D eigenvalue weighted by atomic mass is 10.3. The topological polar surface area (TPSA) is 114 Å². The highest BCUT2D eigenvalue weighted by atomic mass is 16.5. The van der Waals surface area contributed by atoms with Crippen molar-refractivity contribution in [1.82, 2.24) is 20.2 Å². The molecule has 2 aromatic heterocycles. The lowest BCUT2D eigenvalue weighted by molar-refractivity contribution is 0.134. The third kappa shape index (κ3) is 3.52. The summed E-state index contributed by atoms with van der Waals surface area (Å²) in [5, 5.41) is 10.8. The Bertz CT molecular complexity index is 513. The van der Waals surface area contributed by atoms with E-state index in [1.54, 1.807) is 6.20 Å². The van der Waals surface area contributed by atoms with E-state index in [0.29, 0.717) is 17.4 Å². The molecule has 0 bridgehead atoms. The van der Waals surface area contributed by atoms with Gasteiger partial charge in [0, 0.05) is 19.8 Å². The maximum absolute atomic E-state index is 5.41. The standard InChI is InChI=1S/C11H19N7O/c1-2-5-19-6-3-4-13-9-8-7-14-18-10(8)16-11(15-9)17-12/h7H,2-6,12H2,1H3,(H3,13,14,15,16,17,18). The summed E-state index contributed by atoms with van der Waals surface area (Å²) in [5.74, 6) is 6.39. The molecule has 0 unspecified atom stereocenters. The summed E-state index contributed by atoms with van der Waals surface area (Å²) in [7, 11) is 0. The van der Waals surface area contributed by atoms with Gasteiger partial charge < -0.3 is 10.1 Å². The van der Waals surface area contributed by atoms with Crippen molar-refractivity contribution in [2.24, 2.45) is 5.84 Å². The van der Waals surface area contributed by atoms with Crippen LogP contribution in [0.5, 0.6) is 0 Å². The molecule has 0 aliphatic heterocycles. The van der Waals surface area contributed by atoms with E-state index in [4.69, 9.17) is 10.6 Å². The van der Waals surface area contributed by atoms with Crippen LogP contribution in [0.25, 0.3) is 11.0 Å². The summed E-state index contributed by atoms with van der Waals surface area (Å²) >= 11 is 0. The molecule has 0 saturated heterocycles. The van der Waals surface area contributed by atoms with Crippen molar-refractivity contribution in [2.75, 3.05) is 30.5 Å². The number of aromatic nitrogens is 4. The van der Waals surface area contributed by atoms with E-state index in [1.165, 1.54) is 0 Å². The van der Waals surface area contributed by atoms with Gasteiger partial charge in [0.15, 0.2) is 5.65 Å². The number of ether oxygens (including phenoxy) is 1. The lowest BCUT2D eigenvalue weighted by Gasteiger charge is -2.08. The van der Waals surface area contributed by atoms with E-state index in [9.17, 15) is 0 Å². The molecule has 8 heteroatoms. The maximum Gasteiger partial charge on any atom is 0.241 e. The first-order valence-electron chi connectivity index (χ1n) is 6.34. The fourth-order valence-electron chi connectivity index (χ4n) is 1.66. The Hall–Kier alpha value is -1.93. The molecule has 2 aromatic rings. The van der Waals surface area contributed by atoms with Gasteiger partial charge >= 0.3 is 0 Å². The van der Waals surface area contributed by atoms with Crippen LogP contribution < -0.4 is 16.6 Å². The van der Waals surface area contributed by atoms with E-state index in [-0.39, 0.29) is 0 Å². The molecule has 2 rings (SSSR count). The zero-order chi connectivity index (χ0) is 13.5. The third-order valence-electron chi connectivity index (χ3n) is 2.55. The predicted octanol–water partition coefficient (Wildman–Crippen LogP) is 0.867. The molecule has 0 amide bonds. The van der Waals surface area contributed by atoms with Crippen molar-refractivity contribution in [3.05, 3.63) is 6.20 Å². The highest BCUT2D eigenvalue weighted by molar-refractivity contribution is 5.86. The van der Waals surface area contributed by atoms with Gasteiger partial charge in [-0.25, -0.2) is 5.84 Å². The van der Waals surface area contributed by atoms with Gasteiger partial charge in [0.1, 0.15) is 5.82 Å². The Morgan fingerprint density at radius 1 is 1.37 bits per heavy atom. The van der Waals surface area contributed by atoms with E-state index < -0.39 is 0 Å². The van der Waals surface area contributed by atoms with E-state index in [2.05, 4.69) is 37.8 Å². The molecule has 8 nitrogen and oxygen atoms in total. The number of H-pyrrole nitrogens is 1. The van der Waals surface area contributed by atoms with Gasteiger partial charge in [-0.2, -0.15) is 15.1 Å². The van der Waals surface area contributed by atoms with Crippen LogP contribution in [0.4, 0.5) is 11.8 Å². The zero-order valence-electron chi connectivity index (χ0n) is 10.9. The molecular formula is C11H19N7O. The minimum atomic E-state index is 0.349. The maximum atomic E-state index is 5.41. The van der Waals surface area contributed by atoms with Gasteiger partial charge in [-0.3, -0.25) is 10.5 Å². The SMILES string of the molecule is CCCOCCCNc1nc(NN)nc2[nH]ncc12. The van der Waals surface area contributed by atoms with Gasteiger partial charge in [-0.05, 0) is 12.8 Å². The van der Waals surface area contributed by atoms with Crippen LogP contribution in [0.15, 0.2) is 6.20 Å². The quantitative estimate of drug-likeness (QED) is 0.318. The molecule has 0 aliphatic carbocycles. The second-order valence-corrected chi connectivity index (χ2v) is 4.07. The molecule has 0 atom stereocenters. The van der Waals surface area contributed by atoms with Crippen LogP contribution in [0.3, 0.4) is 0 Å². The van der Waals surface area contributed by atoms with Crippen LogP contribution in [-0.2, 0) is 4.74 Å². The highest BCUT2D eigenvalue weighted by Gasteiger charge is 2.08. The first-order valence-corrected chi connectivity index (χ1v) is 6.34. The zero-order valence-corrected chi connectivity index (χ0v) is 10.9. The van der Waals surface area contributed by atoms with Crippen molar-refractivity contribution in [2.45, 2.75) is 19.8 Å². The van der Waals surface area contributed by atoms with Gasteiger partial charge in [0.25, 0.3) is 0 Å². The lowest BCUT2D eigenvalue weighted by Crippen LogP contribution is -2.13. The fourth-order valence-corrected chi connectivity index (χ4v) is 1.66. The summed E-state index contributed by atoms with van der Waals surface area (Å²) in [6, 6.07) is 0. The van der Waals surface area contributed by atoms with Crippen LogP contribution in [0, 0.1) is 0 Å². The fraction of sp³-hybridized carbons (Fsp3) is 0.545. The van der Waals surface area contributed by atoms with Gasteiger partial charge in [0.05, 0.1) is 11.6 Å². The summed E-state index contributed by atoms with van der Waals surface area (Å²) in [6.07, 6.45) is 3.64. The van der Waals surface area contributed by atoms with Crippen molar-refractivity contribution in [1.29, 1.82) is 0 Å². The Morgan fingerprint density at radius 2 is 2.26 bits per heavy atom. The monoisotopic (exact) mass is 265 g/mol. The van der Waals surface area contributed by atoms with E-state index in [0.717, 1.165) is 38.0 Å². The van der Waals surface area contributed by atoms with Crippen molar-refractivity contribution in [3.8, 4) is 0 Å². The number of nitrogen functional groups attached to an aromatic ring is 1. The van der Waals surface area contributed by atoms with Gasteiger partial charge in [-0.15, -0.1) is 0 Å². The summed E-state index contributed by atoms with van der Waals surface area (Å²) in [6.45, 7) is 4.41. The number of fused-ring (bicyclic) bond motifs is 1. The molecule has 0 aromatic carbocycles.